The predicted octanol–water partition coefficient (Wildman–Crippen LogP) is -2.86. The molecule has 2 saturated heterocycles. The van der Waals surface area contributed by atoms with Crippen LogP contribution in [0.1, 0.15) is 62.5 Å². The number of likely N-dealkylation sites (tertiary alicyclic amines) is 1. The van der Waals surface area contributed by atoms with Gasteiger partial charge in [-0.25, -0.2) is 4.79 Å². The molecule has 2 aromatic carbocycles. The van der Waals surface area contributed by atoms with Crippen molar-refractivity contribution in [2.75, 3.05) is 24.6 Å². The lowest BCUT2D eigenvalue weighted by molar-refractivity contribution is -0.145. The van der Waals surface area contributed by atoms with Crippen LogP contribution in [0.3, 0.4) is 0 Å². The fourth-order valence-electron chi connectivity index (χ4n) is 7.47. The Kier molecular flexibility index (Phi) is 22.0. The first-order valence-corrected chi connectivity index (χ1v) is 24.8. The zero-order valence-electron chi connectivity index (χ0n) is 38.1. The third-order valence-corrected chi connectivity index (χ3v) is 13.5. The number of nitrogens with two attached hydrogens (primary N) is 4. The van der Waals surface area contributed by atoms with Gasteiger partial charge in [-0.2, -0.15) is 0 Å². The minimum atomic E-state index is -1.76. The summed E-state index contributed by atoms with van der Waals surface area (Å²) in [6, 6.07) is 4.49. The van der Waals surface area contributed by atoms with E-state index in [1.54, 1.807) is 42.5 Å². The molecule has 380 valence electrons. The number of phenolic OH excluding ortho intramolecular Hbond substituents is 1. The van der Waals surface area contributed by atoms with Gasteiger partial charge in [0.05, 0.1) is 6.42 Å². The first kappa shape index (κ1) is 55.5. The molecule has 0 bridgehead atoms. The van der Waals surface area contributed by atoms with Crippen LogP contribution in [-0.2, 0) is 60.8 Å². The van der Waals surface area contributed by atoms with E-state index in [0.29, 0.717) is 17.5 Å². The number of nitrogens with zero attached hydrogens (tertiary/aromatic N) is 2. The molecule has 16 N–H and O–H groups in total. The van der Waals surface area contributed by atoms with Crippen molar-refractivity contribution in [2.45, 2.75) is 107 Å². The lowest BCUT2D eigenvalue weighted by Crippen LogP contribution is -2.61. The van der Waals surface area contributed by atoms with Crippen LogP contribution in [0.15, 0.2) is 59.6 Å². The highest BCUT2D eigenvalue weighted by atomic mass is 33.1. The zero-order valence-corrected chi connectivity index (χ0v) is 39.8. The second-order valence-corrected chi connectivity index (χ2v) is 19.1. The van der Waals surface area contributed by atoms with Crippen molar-refractivity contribution in [3.63, 3.8) is 0 Å². The molecule has 24 nitrogen and oxygen atoms in total. The summed E-state index contributed by atoms with van der Waals surface area (Å²) in [4.78, 5) is 139. The maximum absolute atomic E-state index is 14.4. The number of aliphatic carboxylic acids is 1. The van der Waals surface area contributed by atoms with Crippen LogP contribution >= 0.6 is 21.6 Å². The summed E-state index contributed by atoms with van der Waals surface area (Å²) in [6.45, 7) is 0.141. The Morgan fingerprint density at radius 1 is 0.757 bits per heavy atom. The number of nitrogens with one attached hydrogen (secondary N) is 6. The first-order valence-electron chi connectivity index (χ1n) is 22.3. The fourth-order valence-corrected chi connectivity index (χ4v) is 9.62. The second kappa shape index (κ2) is 27.8. The normalized spacial score (nSPS) is 22.4. The quantitative estimate of drug-likeness (QED) is 0.0328. The van der Waals surface area contributed by atoms with Crippen LogP contribution in [0.25, 0.3) is 0 Å². The lowest BCUT2D eigenvalue weighted by atomic mass is 10.0. The Morgan fingerprint density at radius 2 is 1.36 bits per heavy atom. The Labute approximate surface area is 410 Å². The summed E-state index contributed by atoms with van der Waals surface area (Å²) >= 11 is 0. The summed E-state index contributed by atoms with van der Waals surface area (Å²) in [7, 11) is 2.20. The first-order chi connectivity index (χ1) is 33.3. The van der Waals surface area contributed by atoms with Crippen molar-refractivity contribution >= 4 is 86.7 Å². The molecule has 2 aromatic rings. The molecule has 3 unspecified atom stereocenters. The van der Waals surface area contributed by atoms with Crippen molar-refractivity contribution < 1.29 is 58.2 Å². The number of carbonyl (C=O) groups excluding carboxylic acids is 9. The summed E-state index contributed by atoms with van der Waals surface area (Å²) in [5.74, 6) is -9.43. The number of carbonyl (C=O) groups is 10. The van der Waals surface area contributed by atoms with Crippen molar-refractivity contribution in [3.05, 3.63) is 65.7 Å². The largest absolute Gasteiger partial charge is 0.508 e. The molecule has 0 radical (unpaired) electrons. The van der Waals surface area contributed by atoms with E-state index in [4.69, 9.17) is 22.9 Å². The Morgan fingerprint density at radius 3 is 1.99 bits per heavy atom. The fraction of sp³-hybridized carbons (Fsp3) is 0.477. The van der Waals surface area contributed by atoms with E-state index in [0.717, 1.165) is 21.6 Å². The van der Waals surface area contributed by atoms with Crippen LogP contribution in [0.5, 0.6) is 5.75 Å². The van der Waals surface area contributed by atoms with Gasteiger partial charge in [-0.1, -0.05) is 64.1 Å². The molecule has 0 saturated carbocycles. The highest BCUT2D eigenvalue weighted by molar-refractivity contribution is 8.76. The van der Waals surface area contributed by atoms with Crippen LogP contribution in [0.2, 0.25) is 0 Å². The van der Waals surface area contributed by atoms with Gasteiger partial charge < -0.3 is 69.9 Å². The second-order valence-electron chi connectivity index (χ2n) is 16.5. The molecular weight excluding hydrogens is 953 g/mol. The summed E-state index contributed by atoms with van der Waals surface area (Å²) in [5.41, 5.74) is 22.8. The van der Waals surface area contributed by atoms with E-state index in [1.807, 2.05) is 0 Å². The number of hydrogen-bond donors (Lipinski definition) is 12. The predicted molar refractivity (Wildman–Crippen MR) is 258 cm³/mol. The molecule has 2 fully saturated rings. The van der Waals surface area contributed by atoms with Crippen molar-refractivity contribution in [1.29, 1.82) is 0 Å². The minimum absolute atomic E-state index is 0.0370. The van der Waals surface area contributed by atoms with Gasteiger partial charge in [0.25, 0.3) is 0 Å². The van der Waals surface area contributed by atoms with Gasteiger partial charge in [0.15, 0.2) is 5.96 Å². The van der Waals surface area contributed by atoms with Crippen molar-refractivity contribution in [3.8, 4) is 5.75 Å². The number of carboxylic acid groups (broad SMARTS) is 1. The molecule has 2 aliphatic rings. The van der Waals surface area contributed by atoms with E-state index >= 15 is 0 Å². The lowest BCUT2D eigenvalue weighted by Gasteiger charge is -2.30. The monoisotopic (exact) mass is 1010 g/mol. The van der Waals surface area contributed by atoms with E-state index in [-0.39, 0.29) is 74.8 Å². The van der Waals surface area contributed by atoms with Gasteiger partial charge in [0.1, 0.15) is 48.0 Å². The Hall–Kier alpha value is -7.09. The SMILES string of the molecule is NC(=O)CCC1NC(=O)[C@H](Cc2ccccc2)NC(=O)C(Cc2ccc(O)cc2)NC(=O)CCSSC[C@@H](C(=O)N2CCC[C@H]2C(=O)N[C@H](CCCN=C(N)N)C(=O)O)NC(=O)C(CC(N)=O)NC1=O. The van der Waals surface area contributed by atoms with Crippen molar-refractivity contribution in [2.24, 2.45) is 27.9 Å². The topological polar surface area (TPSA) is 403 Å². The smallest absolute Gasteiger partial charge is 0.326 e. The third-order valence-electron chi connectivity index (χ3n) is 11.0. The van der Waals surface area contributed by atoms with E-state index in [2.05, 4.69) is 36.9 Å². The van der Waals surface area contributed by atoms with Crippen LogP contribution in [0, 0.1) is 0 Å². The molecule has 0 spiro atoms. The van der Waals surface area contributed by atoms with Gasteiger partial charge in [0, 0.05) is 50.3 Å². The molecule has 9 amide bonds. The Bertz CT molecular complexity index is 2240. The van der Waals surface area contributed by atoms with Gasteiger partial charge in [-0.05, 0) is 55.4 Å². The molecule has 4 rings (SSSR count). The minimum Gasteiger partial charge on any atom is -0.508 e. The number of amides is 9. The summed E-state index contributed by atoms with van der Waals surface area (Å²) < 4.78 is 0. The van der Waals surface area contributed by atoms with E-state index < -0.39 is 121 Å². The number of primary amides is 2. The van der Waals surface area contributed by atoms with Gasteiger partial charge in [-0.3, -0.25) is 48.1 Å². The highest BCUT2D eigenvalue weighted by Gasteiger charge is 2.40. The van der Waals surface area contributed by atoms with Gasteiger partial charge in [0.2, 0.25) is 53.2 Å². The maximum atomic E-state index is 14.4. The van der Waals surface area contributed by atoms with Crippen molar-refractivity contribution in [1.82, 2.24) is 36.8 Å². The number of benzene rings is 2. The average Bonchev–Trinajstić information content (AvgIpc) is 3.80. The highest BCUT2D eigenvalue weighted by Crippen LogP contribution is 2.26. The van der Waals surface area contributed by atoms with Gasteiger partial charge >= 0.3 is 5.97 Å². The molecule has 70 heavy (non-hydrogen) atoms. The maximum Gasteiger partial charge on any atom is 0.326 e. The molecule has 26 heteroatoms. The molecule has 7 atom stereocenters. The number of rotatable bonds is 17. The number of aromatic hydroxyl groups is 1. The molecule has 2 heterocycles. The number of hydrogen-bond acceptors (Lipinski definition) is 14. The molecule has 2 aliphatic heterocycles. The van der Waals surface area contributed by atoms with Crippen LogP contribution in [-0.4, -0.2) is 147 Å². The number of phenols is 1. The summed E-state index contributed by atoms with van der Waals surface area (Å²) in [5, 5.41) is 35.1. The molecule has 0 aliphatic carbocycles. The molecule has 0 aromatic heterocycles. The number of carboxylic acids is 1. The standard InChI is InChI=1S/C44H60N12O12S2/c45-34(58)15-14-27-37(61)54-31(22-35(46)59)40(64)55-32(42(66)56-18-5-9-33(56)41(65)52-28(43(67)68)8-4-17-49-44(47)48)23-70-69-19-16-36(60)50-29(21-25-10-12-26(57)13-11-25)38(62)53-30(39(63)51-27)20-24-6-2-1-3-7-24/h1-3,6-7,10-13,27-33,57H,4-5,8-9,14-23H2,(H2,45,58)(H2,46,59)(H,50,60)(H,51,63)(H,52,65)(H,53,62)(H,54,61)(H,55,64)(H,67,68)(H4,47,48,49)/t27?,28-,29?,30+,31?,32+,33+/m1/s1. The zero-order chi connectivity index (χ0) is 51.3. The number of guanidine groups is 1. The van der Waals surface area contributed by atoms with Crippen LogP contribution < -0.4 is 54.8 Å². The molecular formula is C44H60N12O12S2. The van der Waals surface area contributed by atoms with Gasteiger partial charge in [-0.15, -0.1) is 0 Å². The van der Waals surface area contributed by atoms with E-state index in [1.165, 1.54) is 17.0 Å². The summed E-state index contributed by atoms with van der Waals surface area (Å²) in [6.07, 6.45) is -1.32. The van der Waals surface area contributed by atoms with Crippen LogP contribution in [0.4, 0.5) is 0 Å². The Balaban J connectivity index is 1.68. The van der Waals surface area contributed by atoms with E-state index in [9.17, 15) is 58.2 Å². The average molecular weight is 1010 g/mol. The third kappa shape index (κ3) is 18.4. The number of aliphatic imine (C=N–C) groups is 1.